The van der Waals surface area contributed by atoms with Gasteiger partial charge in [-0.05, 0) is 0 Å². The zero-order chi connectivity index (χ0) is 2.71. The van der Waals surface area contributed by atoms with Crippen LogP contribution in [0.1, 0.15) is 6.92 Å². The molecule has 0 bridgehead atoms. The van der Waals surface area contributed by atoms with Crippen molar-refractivity contribution in [3.63, 3.8) is 0 Å². The summed E-state index contributed by atoms with van der Waals surface area (Å²) in [6, 6.07) is 0. The number of hydrogen-bond donors (Lipinski definition) is 0. The van der Waals surface area contributed by atoms with E-state index in [1.165, 1.54) is 0 Å². The largest absolute Gasteiger partial charge is 1.00 e. The summed E-state index contributed by atoms with van der Waals surface area (Å²) in [5.74, 6) is 0. The van der Waals surface area contributed by atoms with Gasteiger partial charge in [0.2, 0.25) is 0 Å². The van der Waals surface area contributed by atoms with Crippen LogP contribution in [0, 0.1) is 0 Å². The first-order valence-corrected chi connectivity index (χ1v) is 0.996. The monoisotopic (exact) mass is 102 g/mol. The van der Waals surface area contributed by atoms with Gasteiger partial charge in [0.15, 0.2) is 0 Å². The summed E-state index contributed by atoms with van der Waals surface area (Å²) in [7, 11) is 0. The molecular weight excluding hydrogens is 95.1 g/mol. The van der Waals surface area contributed by atoms with E-state index in [1.54, 1.807) is 6.92 Å². The number of rotatable bonds is 0. The van der Waals surface area contributed by atoms with Crippen LogP contribution in [0.5, 0.6) is 0 Å². The van der Waals surface area contributed by atoms with Gasteiger partial charge in [0.05, 0.1) is 0 Å². The van der Waals surface area contributed by atoms with Gasteiger partial charge in [-0.15, -0.1) is 6.61 Å². The van der Waals surface area contributed by atoms with Crippen molar-refractivity contribution in [2.45, 2.75) is 6.92 Å². The van der Waals surface area contributed by atoms with Crippen molar-refractivity contribution < 1.29 is 34.7 Å². The molecule has 0 unspecified atom stereocenters. The van der Waals surface area contributed by atoms with E-state index in [9.17, 15) is 0 Å². The summed E-state index contributed by atoms with van der Waals surface area (Å²) >= 11 is 0. The Hall–Kier alpha value is 1.31. The van der Waals surface area contributed by atoms with E-state index in [-0.39, 0.29) is 49.7 Å². The fraction of sp³-hybridized carbons (Fsp3) is 1.00. The zero-order valence-corrected chi connectivity index (χ0v) is 6.62. The van der Waals surface area contributed by atoms with Crippen LogP contribution in [0.15, 0.2) is 0 Å². The van der Waals surface area contributed by atoms with Crippen molar-refractivity contribution >= 4 is 13.5 Å². The summed E-state index contributed by atoms with van der Waals surface area (Å²) in [6.45, 7) is 1.57. The van der Waals surface area contributed by atoms with Gasteiger partial charge in [-0.2, -0.15) is 13.5 Å². The van der Waals surface area contributed by atoms with Gasteiger partial charge < -0.3 is 5.11 Å². The Morgan fingerprint density at radius 3 is 1.60 bits per heavy atom. The molecule has 0 spiro atoms. The Morgan fingerprint density at radius 2 is 1.60 bits per heavy atom. The van der Waals surface area contributed by atoms with Crippen molar-refractivity contribution in [1.29, 1.82) is 0 Å². The Labute approximate surface area is 61.5 Å². The van der Waals surface area contributed by atoms with Crippen molar-refractivity contribution in [2.75, 3.05) is 6.61 Å². The minimum absolute atomic E-state index is 0. The topological polar surface area (TPSA) is 23.1 Å². The average molecular weight is 102 g/mol. The molecule has 0 fully saturated rings. The summed E-state index contributed by atoms with van der Waals surface area (Å²) in [4.78, 5) is 0. The van der Waals surface area contributed by atoms with Crippen LogP contribution >= 0.6 is 13.5 Å². The Morgan fingerprint density at radius 1 is 1.60 bits per heavy atom. The van der Waals surface area contributed by atoms with Gasteiger partial charge in [0.1, 0.15) is 0 Å². The van der Waals surface area contributed by atoms with Crippen LogP contribution in [-0.2, 0) is 0 Å². The van der Waals surface area contributed by atoms with Gasteiger partial charge >= 0.3 is 29.6 Å². The van der Waals surface area contributed by atoms with E-state index in [0.717, 1.165) is 0 Å². The molecule has 0 aromatic heterocycles. The fourth-order valence-electron chi connectivity index (χ4n) is 0. The first-order valence-electron chi connectivity index (χ1n) is 0.996. The smallest absolute Gasteiger partial charge is 0.855 e. The van der Waals surface area contributed by atoms with E-state index in [2.05, 4.69) is 0 Å². The van der Waals surface area contributed by atoms with E-state index >= 15 is 0 Å². The molecule has 0 rings (SSSR count). The molecule has 1 nitrogen and oxygen atoms in total. The predicted molar refractivity (Wildman–Crippen MR) is 20.9 cm³/mol. The fourth-order valence-corrected chi connectivity index (χ4v) is 0. The standard InChI is InChI=1S/C2H5O.Na.H2S/c1-2-3;;/h2H2,1H3;;1H2/q-1;+1;. The molecule has 0 aliphatic carbocycles. The minimum atomic E-state index is 0. The van der Waals surface area contributed by atoms with E-state index < -0.39 is 0 Å². The first kappa shape index (κ1) is 16.2. The molecule has 0 aliphatic heterocycles. The maximum Gasteiger partial charge on any atom is 1.00 e. The minimum Gasteiger partial charge on any atom is -0.855 e. The van der Waals surface area contributed by atoms with Crippen LogP contribution in [0.25, 0.3) is 0 Å². The quantitative estimate of drug-likeness (QED) is 0.291. The first-order chi connectivity index (χ1) is 1.41. The van der Waals surface area contributed by atoms with Crippen LogP contribution in [0.4, 0.5) is 0 Å². The Bertz CT molecular complexity index is 9.61. The maximum absolute atomic E-state index is 8.93. The van der Waals surface area contributed by atoms with E-state index in [0.29, 0.717) is 0 Å². The second kappa shape index (κ2) is 18.5. The van der Waals surface area contributed by atoms with Crippen molar-refractivity contribution in [1.82, 2.24) is 0 Å². The molecule has 0 atom stereocenters. The van der Waals surface area contributed by atoms with Gasteiger partial charge in [0.25, 0.3) is 0 Å². The third-order valence-corrected chi connectivity index (χ3v) is 0. The molecule has 3 heteroatoms. The molecule has 0 radical (unpaired) electrons. The molecule has 0 N–H and O–H groups in total. The predicted octanol–water partition coefficient (Wildman–Crippen LogP) is -3.52. The molecule has 0 amide bonds. The molecule has 0 aromatic rings. The van der Waals surface area contributed by atoms with Crippen LogP contribution in [-0.4, -0.2) is 6.61 Å². The van der Waals surface area contributed by atoms with Crippen LogP contribution in [0.3, 0.4) is 0 Å². The number of hydrogen-bond acceptors (Lipinski definition) is 1. The van der Waals surface area contributed by atoms with Crippen molar-refractivity contribution in [3.05, 3.63) is 0 Å². The summed E-state index contributed by atoms with van der Waals surface area (Å²) in [5, 5.41) is 8.93. The molecule has 0 aliphatic rings. The summed E-state index contributed by atoms with van der Waals surface area (Å²) in [5.41, 5.74) is 0. The van der Waals surface area contributed by atoms with E-state index in [4.69, 9.17) is 5.11 Å². The zero-order valence-electron chi connectivity index (χ0n) is 3.62. The normalized spacial score (nSPS) is 3.60. The molecule has 0 aromatic carbocycles. The average Bonchev–Trinajstić information content (AvgIpc) is 0.918. The molecule has 5 heavy (non-hydrogen) atoms. The summed E-state index contributed by atoms with van der Waals surface area (Å²) in [6.07, 6.45) is 0. The third kappa shape index (κ3) is 33.9. The molecule has 0 saturated heterocycles. The van der Waals surface area contributed by atoms with Gasteiger partial charge in [-0.1, -0.05) is 6.92 Å². The maximum atomic E-state index is 8.93. The second-order valence-electron chi connectivity index (χ2n) is 0.289. The Balaban J connectivity index is -0.0000000200. The Kier molecular flexibility index (Phi) is 60.0. The SMILES string of the molecule is CC[O-].S.[Na+]. The van der Waals surface area contributed by atoms with Crippen LogP contribution in [0.2, 0.25) is 0 Å². The second-order valence-corrected chi connectivity index (χ2v) is 0.289. The van der Waals surface area contributed by atoms with Gasteiger partial charge in [-0.25, -0.2) is 0 Å². The molecule has 28 valence electrons. The molecule has 0 heterocycles. The van der Waals surface area contributed by atoms with Crippen LogP contribution < -0.4 is 34.7 Å². The third-order valence-electron chi connectivity index (χ3n) is 0. The summed E-state index contributed by atoms with van der Waals surface area (Å²) < 4.78 is 0. The van der Waals surface area contributed by atoms with Gasteiger partial charge in [0, 0.05) is 0 Å². The van der Waals surface area contributed by atoms with E-state index in [1.807, 2.05) is 0 Å². The van der Waals surface area contributed by atoms with Gasteiger partial charge in [-0.3, -0.25) is 0 Å². The molecular formula is C2H7NaOS. The van der Waals surface area contributed by atoms with Crippen molar-refractivity contribution in [2.24, 2.45) is 0 Å². The van der Waals surface area contributed by atoms with Crippen molar-refractivity contribution in [3.8, 4) is 0 Å². The molecule has 0 saturated carbocycles.